The van der Waals surface area contributed by atoms with Crippen molar-refractivity contribution < 1.29 is 18.3 Å². The van der Waals surface area contributed by atoms with Gasteiger partial charge in [-0.05, 0) is 19.8 Å². The fraction of sp³-hybridized carbons (Fsp3) is 0.900. The van der Waals surface area contributed by atoms with Crippen molar-refractivity contribution in [2.75, 3.05) is 12.3 Å². The van der Waals surface area contributed by atoms with Crippen LogP contribution in [0.4, 0.5) is 0 Å². The Hall–Kier alpha value is -0.620. The molecule has 0 unspecified atom stereocenters. The molecule has 1 aliphatic rings. The van der Waals surface area contributed by atoms with Gasteiger partial charge in [0, 0.05) is 6.04 Å². The van der Waals surface area contributed by atoms with E-state index in [0.29, 0.717) is 0 Å². The van der Waals surface area contributed by atoms with E-state index in [4.69, 9.17) is 5.11 Å². The Balaban J connectivity index is 2.81. The number of carbonyl (C=O) groups is 1. The van der Waals surface area contributed by atoms with Gasteiger partial charge in [0.15, 0.2) is 0 Å². The lowest BCUT2D eigenvalue weighted by Crippen LogP contribution is -2.45. The average molecular weight is 249 g/mol. The van der Waals surface area contributed by atoms with E-state index in [0.717, 1.165) is 32.1 Å². The Kier molecular flexibility index (Phi) is 4.73. The average Bonchev–Trinajstić information content (AvgIpc) is 2.27. The van der Waals surface area contributed by atoms with Crippen molar-refractivity contribution in [1.82, 2.24) is 4.31 Å². The Labute approximate surface area is 96.5 Å². The van der Waals surface area contributed by atoms with Crippen molar-refractivity contribution in [3.05, 3.63) is 0 Å². The summed E-state index contributed by atoms with van der Waals surface area (Å²) < 4.78 is 24.8. The summed E-state index contributed by atoms with van der Waals surface area (Å²) in [6, 6.07) is -0.116. The van der Waals surface area contributed by atoms with Gasteiger partial charge >= 0.3 is 5.97 Å². The molecule has 0 aliphatic heterocycles. The number of hydrogen-bond acceptors (Lipinski definition) is 3. The minimum Gasteiger partial charge on any atom is -0.480 e. The number of hydrogen-bond donors (Lipinski definition) is 1. The van der Waals surface area contributed by atoms with E-state index in [1.807, 2.05) is 0 Å². The van der Waals surface area contributed by atoms with Crippen molar-refractivity contribution in [3.8, 4) is 0 Å². The van der Waals surface area contributed by atoms with Gasteiger partial charge in [-0.2, -0.15) is 4.31 Å². The summed E-state index contributed by atoms with van der Waals surface area (Å²) in [5.74, 6) is -1.11. The van der Waals surface area contributed by atoms with Crippen LogP contribution in [0, 0.1) is 0 Å². The van der Waals surface area contributed by atoms with E-state index in [9.17, 15) is 13.2 Å². The summed E-state index contributed by atoms with van der Waals surface area (Å²) in [7, 11) is -3.40. The van der Waals surface area contributed by atoms with Gasteiger partial charge in [0.1, 0.15) is 6.54 Å². The van der Waals surface area contributed by atoms with Crippen LogP contribution in [-0.2, 0) is 14.8 Å². The van der Waals surface area contributed by atoms with E-state index in [1.54, 1.807) is 6.92 Å². The van der Waals surface area contributed by atoms with Gasteiger partial charge in [-0.3, -0.25) is 4.79 Å². The SMILES string of the molecule is CCS(=O)(=O)N(CC(=O)O)C1CCCCC1. The zero-order valence-electron chi connectivity index (χ0n) is 9.55. The fourth-order valence-electron chi connectivity index (χ4n) is 2.12. The Morgan fingerprint density at radius 3 is 2.31 bits per heavy atom. The second-order valence-corrected chi connectivity index (χ2v) is 6.34. The molecule has 5 nitrogen and oxygen atoms in total. The zero-order chi connectivity index (χ0) is 12.2. The minimum absolute atomic E-state index is 0.0310. The van der Waals surface area contributed by atoms with Crippen LogP contribution in [0.1, 0.15) is 39.0 Å². The Bertz CT molecular complexity index is 333. The number of nitrogens with zero attached hydrogens (tertiary/aromatic N) is 1. The maximum absolute atomic E-state index is 11.8. The predicted molar refractivity (Wildman–Crippen MR) is 60.7 cm³/mol. The molecule has 16 heavy (non-hydrogen) atoms. The van der Waals surface area contributed by atoms with Crippen LogP contribution in [0.5, 0.6) is 0 Å². The van der Waals surface area contributed by atoms with Crippen LogP contribution in [-0.4, -0.2) is 42.1 Å². The number of sulfonamides is 1. The Morgan fingerprint density at radius 2 is 1.88 bits per heavy atom. The van der Waals surface area contributed by atoms with Crippen molar-refractivity contribution in [2.45, 2.75) is 45.1 Å². The lowest BCUT2D eigenvalue weighted by atomic mass is 9.95. The van der Waals surface area contributed by atoms with Gasteiger partial charge in [0.05, 0.1) is 5.75 Å². The molecule has 94 valence electrons. The normalized spacial score (nSPS) is 18.9. The van der Waals surface area contributed by atoms with Crippen molar-refractivity contribution >= 4 is 16.0 Å². The summed E-state index contributed by atoms with van der Waals surface area (Å²) in [6.07, 6.45) is 4.66. The van der Waals surface area contributed by atoms with Gasteiger partial charge in [0.25, 0.3) is 0 Å². The highest BCUT2D eigenvalue weighted by atomic mass is 32.2. The number of carboxylic acid groups (broad SMARTS) is 1. The van der Waals surface area contributed by atoms with Gasteiger partial charge in [-0.25, -0.2) is 8.42 Å². The van der Waals surface area contributed by atoms with Crippen molar-refractivity contribution in [3.63, 3.8) is 0 Å². The first kappa shape index (κ1) is 13.4. The summed E-state index contributed by atoms with van der Waals surface area (Å²) in [4.78, 5) is 10.7. The molecule has 0 saturated heterocycles. The summed E-state index contributed by atoms with van der Waals surface area (Å²) in [5.41, 5.74) is 0. The third kappa shape index (κ3) is 3.45. The number of aliphatic carboxylic acids is 1. The van der Waals surface area contributed by atoms with E-state index in [2.05, 4.69) is 0 Å². The quantitative estimate of drug-likeness (QED) is 0.790. The lowest BCUT2D eigenvalue weighted by molar-refractivity contribution is -0.137. The minimum atomic E-state index is -3.40. The van der Waals surface area contributed by atoms with Crippen LogP contribution in [0.25, 0.3) is 0 Å². The molecule has 0 aromatic heterocycles. The second-order valence-electron chi connectivity index (χ2n) is 4.13. The fourth-order valence-corrected chi connectivity index (χ4v) is 3.43. The molecule has 0 aromatic carbocycles. The molecule has 0 aromatic rings. The molecule has 1 rings (SSSR count). The Morgan fingerprint density at radius 1 is 1.31 bits per heavy atom. The molecule has 1 aliphatic carbocycles. The molecule has 0 bridgehead atoms. The summed E-state index contributed by atoms with van der Waals surface area (Å²) >= 11 is 0. The molecule has 1 saturated carbocycles. The predicted octanol–water partition coefficient (Wildman–Crippen LogP) is 1.06. The van der Waals surface area contributed by atoms with Crippen LogP contribution >= 0.6 is 0 Å². The molecule has 1 fully saturated rings. The van der Waals surface area contributed by atoms with Gasteiger partial charge in [0.2, 0.25) is 10.0 Å². The largest absolute Gasteiger partial charge is 0.480 e. The molecular formula is C10H19NO4S. The number of rotatable bonds is 5. The van der Waals surface area contributed by atoms with Crippen LogP contribution < -0.4 is 0 Å². The molecular weight excluding hydrogens is 230 g/mol. The standard InChI is InChI=1S/C10H19NO4S/c1-2-16(14,15)11(8-10(12)13)9-6-4-3-5-7-9/h9H,2-8H2,1H3,(H,12,13). The number of carboxylic acids is 1. The summed E-state index contributed by atoms with van der Waals surface area (Å²) in [6.45, 7) is 1.15. The van der Waals surface area contributed by atoms with Crippen LogP contribution in [0.15, 0.2) is 0 Å². The van der Waals surface area contributed by atoms with Gasteiger partial charge in [-0.1, -0.05) is 19.3 Å². The second kappa shape index (κ2) is 5.63. The zero-order valence-corrected chi connectivity index (χ0v) is 10.4. The third-order valence-corrected chi connectivity index (χ3v) is 4.87. The molecule has 6 heteroatoms. The van der Waals surface area contributed by atoms with E-state index in [-0.39, 0.29) is 11.8 Å². The maximum Gasteiger partial charge on any atom is 0.318 e. The maximum atomic E-state index is 11.8. The monoisotopic (exact) mass is 249 g/mol. The molecule has 0 heterocycles. The van der Waals surface area contributed by atoms with E-state index < -0.39 is 22.5 Å². The molecule has 0 spiro atoms. The van der Waals surface area contributed by atoms with Crippen LogP contribution in [0.3, 0.4) is 0 Å². The van der Waals surface area contributed by atoms with Crippen molar-refractivity contribution in [2.24, 2.45) is 0 Å². The van der Waals surface area contributed by atoms with E-state index in [1.165, 1.54) is 4.31 Å². The lowest BCUT2D eigenvalue weighted by Gasteiger charge is -2.31. The van der Waals surface area contributed by atoms with Gasteiger partial charge in [-0.15, -0.1) is 0 Å². The first-order chi connectivity index (χ1) is 7.47. The first-order valence-corrected chi connectivity index (χ1v) is 7.29. The molecule has 0 atom stereocenters. The first-order valence-electron chi connectivity index (χ1n) is 5.68. The topological polar surface area (TPSA) is 74.7 Å². The van der Waals surface area contributed by atoms with Crippen molar-refractivity contribution in [1.29, 1.82) is 0 Å². The highest BCUT2D eigenvalue weighted by Crippen LogP contribution is 2.24. The van der Waals surface area contributed by atoms with E-state index >= 15 is 0 Å². The van der Waals surface area contributed by atoms with Crippen LogP contribution in [0.2, 0.25) is 0 Å². The molecule has 1 N–H and O–H groups in total. The highest BCUT2D eigenvalue weighted by molar-refractivity contribution is 7.89. The molecule has 0 radical (unpaired) electrons. The summed E-state index contributed by atoms with van der Waals surface area (Å²) in [5, 5.41) is 8.77. The van der Waals surface area contributed by atoms with Gasteiger partial charge < -0.3 is 5.11 Å². The highest BCUT2D eigenvalue weighted by Gasteiger charge is 2.31. The molecule has 0 amide bonds. The third-order valence-electron chi connectivity index (χ3n) is 3.00. The smallest absolute Gasteiger partial charge is 0.318 e.